The van der Waals surface area contributed by atoms with Crippen LogP contribution in [-0.2, 0) is 0 Å². The van der Waals surface area contributed by atoms with Gasteiger partial charge in [0.2, 0.25) is 0 Å². The Morgan fingerprint density at radius 3 is 2.35 bits per heavy atom. The zero-order chi connectivity index (χ0) is 14.9. The van der Waals surface area contributed by atoms with Crippen LogP contribution < -0.4 is 11.3 Å². The van der Waals surface area contributed by atoms with Crippen molar-refractivity contribution in [2.45, 2.75) is 13.0 Å². The lowest BCUT2D eigenvalue weighted by Gasteiger charge is -2.18. The van der Waals surface area contributed by atoms with Gasteiger partial charge >= 0.3 is 0 Å². The standard InChI is InChI=1S/C14H12Cl2F2N2/c1-7-2-3-8(4-10(7)15)14(20-19)9-5-13(18)11(16)6-12(9)17/h2-6,14,20H,19H2,1H3. The second kappa shape index (κ2) is 6.06. The Morgan fingerprint density at radius 2 is 1.75 bits per heavy atom. The molecule has 2 rings (SSSR count). The smallest absolute Gasteiger partial charge is 0.142 e. The molecule has 0 amide bonds. The number of nitrogens with two attached hydrogens (primary N) is 1. The molecule has 0 radical (unpaired) electrons. The summed E-state index contributed by atoms with van der Waals surface area (Å²) in [5, 5.41) is 0.251. The molecule has 1 atom stereocenters. The van der Waals surface area contributed by atoms with Crippen molar-refractivity contribution < 1.29 is 8.78 Å². The minimum absolute atomic E-state index is 0.0642. The molecule has 2 aromatic carbocycles. The first kappa shape index (κ1) is 15.2. The van der Waals surface area contributed by atoms with E-state index in [1.54, 1.807) is 18.2 Å². The monoisotopic (exact) mass is 316 g/mol. The molecule has 0 aliphatic heterocycles. The van der Waals surface area contributed by atoms with Gasteiger partial charge in [0.15, 0.2) is 0 Å². The third kappa shape index (κ3) is 2.94. The second-order valence-corrected chi connectivity index (χ2v) is 5.21. The van der Waals surface area contributed by atoms with Crippen molar-refractivity contribution in [1.29, 1.82) is 0 Å². The van der Waals surface area contributed by atoms with Gasteiger partial charge in [-0.25, -0.2) is 14.2 Å². The van der Waals surface area contributed by atoms with Crippen LogP contribution in [0.3, 0.4) is 0 Å². The fourth-order valence-corrected chi connectivity index (χ4v) is 2.25. The maximum atomic E-state index is 14.0. The molecule has 0 aliphatic rings. The van der Waals surface area contributed by atoms with Gasteiger partial charge in [-0.2, -0.15) is 0 Å². The summed E-state index contributed by atoms with van der Waals surface area (Å²) >= 11 is 11.6. The number of benzene rings is 2. The molecule has 0 bridgehead atoms. The highest BCUT2D eigenvalue weighted by Gasteiger charge is 2.19. The first-order valence-corrected chi connectivity index (χ1v) is 6.56. The van der Waals surface area contributed by atoms with E-state index >= 15 is 0 Å². The molecule has 0 aromatic heterocycles. The number of hydrogen-bond acceptors (Lipinski definition) is 2. The van der Waals surface area contributed by atoms with Gasteiger partial charge in [-0.15, -0.1) is 0 Å². The highest BCUT2D eigenvalue weighted by Crippen LogP contribution is 2.29. The Kier molecular flexibility index (Phi) is 4.60. The van der Waals surface area contributed by atoms with Crippen LogP contribution in [0.5, 0.6) is 0 Å². The van der Waals surface area contributed by atoms with Crippen molar-refractivity contribution in [1.82, 2.24) is 5.43 Å². The van der Waals surface area contributed by atoms with Gasteiger partial charge in [-0.05, 0) is 36.2 Å². The van der Waals surface area contributed by atoms with Crippen LogP contribution in [-0.4, -0.2) is 0 Å². The van der Waals surface area contributed by atoms with Crippen molar-refractivity contribution in [2.24, 2.45) is 5.84 Å². The normalized spacial score (nSPS) is 12.5. The molecular weight excluding hydrogens is 305 g/mol. The average Bonchev–Trinajstić information content (AvgIpc) is 2.40. The maximum Gasteiger partial charge on any atom is 0.142 e. The second-order valence-electron chi connectivity index (χ2n) is 4.40. The summed E-state index contributed by atoms with van der Waals surface area (Å²) in [5.74, 6) is 4.12. The summed E-state index contributed by atoms with van der Waals surface area (Å²) in [5.41, 5.74) is 4.04. The molecule has 6 heteroatoms. The number of hydrogen-bond donors (Lipinski definition) is 2. The van der Waals surface area contributed by atoms with E-state index in [1.165, 1.54) is 0 Å². The Bertz CT molecular complexity index is 647. The molecule has 0 aliphatic carbocycles. The summed E-state index contributed by atoms with van der Waals surface area (Å²) in [6, 6.07) is 6.42. The van der Waals surface area contributed by atoms with Gasteiger partial charge in [-0.3, -0.25) is 5.84 Å². The SMILES string of the molecule is Cc1ccc(C(NN)c2cc(F)c(Cl)cc2F)cc1Cl. The zero-order valence-electron chi connectivity index (χ0n) is 10.6. The molecule has 20 heavy (non-hydrogen) atoms. The Balaban J connectivity index is 2.52. The van der Waals surface area contributed by atoms with E-state index in [2.05, 4.69) is 5.43 Å². The lowest BCUT2D eigenvalue weighted by atomic mass is 9.98. The van der Waals surface area contributed by atoms with Crippen molar-refractivity contribution in [3.05, 3.63) is 68.7 Å². The minimum atomic E-state index is -0.722. The van der Waals surface area contributed by atoms with Gasteiger partial charge in [0.1, 0.15) is 11.6 Å². The van der Waals surface area contributed by atoms with E-state index in [0.717, 1.165) is 17.7 Å². The van der Waals surface area contributed by atoms with E-state index in [1.807, 2.05) is 6.92 Å². The summed E-state index contributed by atoms with van der Waals surface area (Å²) < 4.78 is 27.5. The number of aryl methyl sites for hydroxylation is 1. The number of nitrogens with one attached hydrogen (secondary N) is 1. The molecule has 2 nitrogen and oxygen atoms in total. The third-order valence-corrected chi connectivity index (χ3v) is 3.74. The third-order valence-electron chi connectivity index (χ3n) is 3.05. The van der Waals surface area contributed by atoms with E-state index < -0.39 is 17.7 Å². The highest BCUT2D eigenvalue weighted by atomic mass is 35.5. The molecule has 0 spiro atoms. The van der Waals surface area contributed by atoms with Crippen molar-refractivity contribution >= 4 is 23.2 Å². The fraction of sp³-hybridized carbons (Fsp3) is 0.143. The van der Waals surface area contributed by atoms with Gasteiger partial charge in [0, 0.05) is 10.6 Å². The molecule has 0 fully saturated rings. The van der Waals surface area contributed by atoms with Crippen LogP contribution in [0.15, 0.2) is 30.3 Å². The predicted octanol–water partition coefficient (Wildman–Crippen LogP) is 4.13. The molecule has 0 saturated carbocycles. The molecule has 2 aromatic rings. The van der Waals surface area contributed by atoms with Crippen LogP contribution >= 0.6 is 23.2 Å². The summed E-state index contributed by atoms with van der Waals surface area (Å²) in [7, 11) is 0. The zero-order valence-corrected chi connectivity index (χ0v) is 12.1. The van der Waals surface area contributed by atoms with E-state index in [4.69, 9.17) is 29.0 Å². The van der Waals surface area contributed by atoms with Crippen LogP contribution in [0.1, 0.15) is 22.7 Å². The number of halogens is 4. The Labute approximate surface area is 125 Å². The Morgan fingerprint density at radius 1 is 1.05 bits per heavy atom. The average molecular weight is 317 g/mol. The molecule has 0 heterocycles. The van der Waals surface area contributed by atoms with E-state index in [0.29, 0.717) is 10.6 Å². The van der Waals surface area contributed by atoms with Crippen LogP contribution in [0, 0.1) is 18.6 Å². The van der Waals surface area contributed by atoms with Gasteiger partial charge < -0.3 is 0 Å². The summed E-state index contributed by atoms with van der Waals surface area (Å²) in [6.07, 6.45) is 0. The maximum absolute atomic E-state index is 14.0. The number of rotatable bonds is 3. The van der Waals surface area contributed by atoms with Crippen LogP contribution in [0.2, 0.25) is 10.0 Å². The van der Waals surface area contributed by atoms with Gasteiger partial charge in [-0.1, -0.05) is 35.3 Å². The molecular formula is C14H12Cl2F2N2. The first-order valence-electron chi connectivity index (χ1n) is 5.80. The highest BCUT2D eigenvalue weighted by molar-refractivity contribution is 6.31. The van der Waals surface area contributed by atoms with Crippen LogP contribution in [0.25, 0.3) is 0 Å². The predicted molar refractivity (Wildman–Crippen MR) is 76.7 cm³/mol. The number of hydrazine groups is 1. The molecule has 3 N–H and O–H groups in total. The molecule has 1 unspecified atom stereocenters. The minimum Gasteiger partial charge on any atom is -0.271 e. The topological polar surface area (TPSA) is 38.0 Å². The molecule has 106 valence electrons. The van der Waals surface area contributed by atoms with E-state index in [-0.39, 0.29) is 10.6 Å². The lowest BCUT2D eigenvalue weighted by molar-refractivity contribution is 0.546. The van der Waals surface area contributed by atoms with Crippen molar-refractivity contribution in [3.63, 3.8) is 0 Å². The fourth-order valence-electron chi connectivity index (χ4n) is 1.91. The van der Waals surface area contributed by atoms with Gasteiger partial charge in [0.25, 0.3) is 0 Å². The van der Waals surface area contributed by atoms with Crippen LogP contribution in [0.4, 0.5) is 8.78 Å². The largest absolute Gasteiger partial charge is 0.271 e. The quantitative estimate of drug-likeness (QED) is 0.507. The first-order chi connectivity index (χ1) is 9.43. The lowest BCUT2D eigenvalue weighted by Crippen LogP contribution is -2.29. The van der Waals surface area contributed by atoms with Crippen molar-refractivity contribution in [3.8, 4) is 0 Å². The van der Waals surface area contributed by atoms with E-state index in [9.17, 15) is 8.78 Å². The summed E-state index contributed by atoms with van der Waals surface area (Å²) in [6.45, 7) is 1.85. The van der Waals surface area contributed by atoms with Gasteiger partial charge in [0.05, 0.1) is 11.1 Å². The van der Waals surface area contributed by atoms with Crippen molar-refractivity contribution in [2.75, 3.05) is 0 Å². The molecule has 0 saturated heterocycles. The summed E-state index contributed by atoms with van der Waals surface area (Å²) in [4.78, 5) is 0. The Hall–Kier alpha value is -1.20.